The first kappa shape index (κ1) is 12.9. The summed E-state index contributed by atoms with van der Waals surface area (Å²) in [6.07, 6.45) is 1.79. The van der Waals surface area contributed by atoms with Gasteiger partial charge < -0.3 is 0 Å². The third kappa shape index (κ3) is 2.45. The lowest BCUT2D eigenvalue weighted by atomic mass is 10.0. The quantitative estimate of drug-likeness (QED) is 0.255. The van der Waals surface area contributed by atoms with E-state index in [4.69, 9.17) is 5.53 Å². The van der Waals surface area contributed by atoms with E-state index in [0.717, 1.165) is 25.6 Å². The van der Waals surface area contributed by atoms with Gasteiger partial charge in [-0.25, -0.2) is 0 Å². The molecule has 0 radical (unpaired) electrons. The molecule has 0 fully saturated rings. The van der Waals surface area contributed by atoms with Crippen molar-refractivity contribution in [2.45, 2.75) is 0 Å². The van der Waals surface area contributed by atoms with E-state index in [-0.39, 0.29) is 0 Å². The zero-order valence-electron chi connectivity index (χ0n) is 10.4. The minimum Gasteiger partial charge on any atom is -0.256 e. The molecule has 0 saturated heterocycles. The first-order chi connectivity index (χ1) is 9.78. The largest absolute Gasteiger partial charge is 0.256 e. The van der Waals surface area contributed by atoms with E-state index in [9.17, 15) is 0 Å². The average molecular weight is 372 g/mol. The van der Waals surface area contributed by atoms with Gasteiger partial charge in [0.15, 0.2) is 0 Å². The Morgan fingerprint density at radius 3 is 2.85 bits per heavy atom. The van der Waals surface area contributed by atoms with Gasteiger partial charge in [0.1, 0.15) is 0 Å². The van der Waals surface area contributed by atoms with Crippen LogP contribution in [0.15, 0.2) is 59.8 Å². The number of pyridine rings is 1. The van der Waals surface area contributed by atoms with E-state index in [0.29, 0.717) is 5.69 Å². The zero-order chi connectivity index (χ0) is 13.9. The van der Waals surface area contributed by atoms with Crippen LogP contribution in [0.3, 0.4) is 0 Å². The molecule has 0 aliphatic rings. The molecule has 0 bridgehead atoms. The number of hydrogen-bond donors (Lipinski definition) is 0. The molecule has 2 aromatic carbocycles. The van der Waals surface area contributed by atoms with Gasteiger partial charge in [-0.05, 0) is 58.0 Å². The monoisotopic (exact) mass is 372 g/mol. The van der Waals surface area contributed by atoms with E-state index in [1.165, 1.54) is 0 Å². The molecule has 1 aromatic heterocycles. The average Bonchev–Trinajstić information content (AvgIpc) is 2.47. The number of azide groups is 1. The van der Waals surface area contributed by atoms with Crippen LogP contribution in [-0.4, -0.2) is 4.98 Å². The van der Waals surface area contributed by atoms with Crippen LogP contribution in [-0.2, 0) is 0 Å². The summed E-state index contributed by atoms with van der Waals surface area (Å²) in [5, 5.41) is 4.75. The van der Waals surface area contributed by atoms with E-state index < -0.39 is 0 Å². The number of fused-ring (bicyclic) bond motifs is 1. The normalized spacial score (nSPS) is 10.2. The molecule has 0 atom stereocenters. The maximum Gasteiger partial charge on any atom is 0.0781 e. The van der Waals surface area contributed by atoms with Crippen molar-refractivity contribution in [3.8, 4) is 11.1 Å². The maximum absolute atomic E-state index is 8.54. The molecule has 0 unspecified atom stereocenters. The van der Waals surface area contributed by atoms with Crippen molar-refractivity contribution in [3.63, 3.8) is 0 Å². The number of aromatic nitrogens is 1. The summed E-state index contributed by atoms with van der Waals surface area (Å²) in [6, 6.07) is 15.7. The highest BCUT2D eigenvalue weighted by atomic mass is 127. The molecule has 0 saturated carbocycles. The lowest BCUT2D eigenvalue weighted by molar-refractivity contribution is 1.40. The topological polar surface area (TPSA) is 61.7 Å². The van der Waals surface area contributed by atoms with Gasteiger partial charge in [0.25, 0.3) is 0 Å². The van der Waals surface area contributed by atoms with Crippen molar-refractivity contribution < 1.29 is 0 Å². The number of benzene rings is 2. The molecular formula is C15H9IN4. The molecule has 0 aliphatic heterocycles. The lowest BCUT2D eigenvalue weighted by Crippen LogP contribution is -1.86. The second kappa shape index (κ2) is 5.48. The Kier molecular flexibility index (Phi) is 3.54. The highest BCUT2D eigenvalue weighted by Gasteiger charge is 2.07. The molecule has 5 heteroatoms. The lowest BCUT2D eigenvalue weighted by Gasteiger charge is -2.08. The van der Waals surface area contributed by atoms with Crippen LogP contribution in [0.5, 0.6) is 0 Å². The Morgan fingerprint density at radius 2 is 2.00 bits per heavy atom. The molecule has 3 aromatic rings. The molecule has 0 spiro atoms. The van der Waals surface area contributed by atoms with Crippen LogP contribution in [0, 0.1) is 3.57 Å². The van der Waals surface area contributed by atoms with Crippen LogP contribution >= 0.6 is 22.6 Å². The van der Waals surface area contributed by atoms with Gasteiger partial charge in [0.05, 0.1) is 5.52 Å². The van der Waals surface area contributed by atoms with E-state index in [2.05, 4.69) is 49.7 Å². The summed E-state index contributed by atoms with van der Waals surface area (Å²) in [4.78, 5) is 7.30. The third-order valence-corrected chi connectivity index (χ3v) is 3.61. The summed E-state index contributed by atoms with van der Waals surface area (Å²) < 4.78 is 1.15. The van der Waals surface area contributed by atoms with Crippen LogP contribution in [0.25, 0.3) is 32.5 Å². The van der Waals surface area contributed by atoms with Crippen LogP contribution < -0.4 is 0 Å². The van der Waals surface area contributed by atoms with E-state index >= 15 is 0 Å². The summed E-state index contributed by atoms with van der Waals surface area (Å²) >= 11 is 2.30. The minimum atomic E-state index is 0.605. The van der Waals surface area contributed by atoms with Gasteiger partial charge in [0.2, 0.25) is 0 Å². The van der Waals surface area contributed by atoms with Crippen LogP contribution in [0.2, 0.25) is 0 Å². The molecule has 0 amide bonds. The van der Waals surface area contributed by atoms with Gasteiger partial charge in [-0.2, -0.15) is 0 Å². The Bertz CT molecular complexity index is 838. The smallest absolute Gasteiger partial charge is 0.0781 e. The van der Waals surface area contributed by atoms with Gasteiger partial charge in [0, 0.05) is 31.3 Å². The van der Waals surface area contributed by atoms with Gasteiger partial charge in [-0.15, -0.1) is 0 Å². The Balaban J connectivity index is 2.28. The van der Waals surface area contributed by atoms with Crippen molar-refractivity contribution in [1.29, 1.82) is 0 Å². The Hall–Kier alpha value is -2.11. The van der Waals surface area contributed by atoms with Crippen molar-refractivity contribution in [2.75, 3.05) is 0 Å². The van der Waals surface area contributed by atoms with Crippen molar-refractivity contribution in [3.05, 3.63) is 68.7 Å². The number of hydrogen-bond acceptors (Lipinski definition) is 2. The van der Waals surface area contributed by atoms with Crippen molar-refractivity contribution in [2.24, 2.45) is 5.11 Å². The summed E-state index contributed by atoms with van der Waals surface area (Å²) in [7, 11) is 0. The van der Waals surface area contributed by atoms with Gasteiger partial charge >= 0.3 is 0 Å². The first-order valence-electron chi connectivity index (χ1n) is 5.98. The SMILES string of the molecule is [N-]=[N+]=Nc1cccc(-c2cc(I)cc3cccnc23)c1. The number of rotatable bonds is 2. The molecular weight excluding hydrogens is 363 g/mol. The molecule has 3 rings (SSSR count). The molecule has 1 heterocycles. The predicted octanol–water partition coefficient (Wildman–Crippen LogP) is 5.45. The van der Waals surface area contributed by atoms with E-state index in [1.807, 2.05) is 30.3 Å². The zero-order valence-corrected chi connectivity index (χ0v) is 12.5. The molecule has 96 valence electrons. The number of halogens is 1. The van der Waals surface area contributed by atoms with Crippen molar-refractivity contribution in [1.82, 2.24) is 4.98 Å². The molecule has 0 aliphatic carbocycles. The fourth-order valence-corrected chi connectivity index (χ4v) is 2.81. The summed E-state index contributed by atoms with van der Waals surface area (Å²) in [6.45, 7) is 0. The van der Waals surface area contributed by atoms with Crippen LogP contribution in [0.4, 0.5) is 5.69 Å². The standard InChI is InChI=1S/C15H9IN4/c16-12-7-11-4-2-6-18-15(11)14(9-12)10-3-1-5-13(8-10)19-20-17/h1-9H. The Morgan fingerprint density at radius 1 is 1.10 bits per heavy atom. The van der Waals surface area contributed by atoms with Gasteiger partial charge in [-0.1, -0.05) is 29.4 Å². The maximum atomic E-state index is 8.54. The molecule has 20 heavy (non-hydrogen) atoms. The van der Waals surface area contributed by atoms with Crippen LogP contribution in [0.1, 0.15) is 0 Å². The van der Waals surface area contributed by atoms with Gasteiger partial charge in [-0.3, -0.25) is 4.98 Å². The van der Waals surface area contributed by atoms with E-state index in [1.54, 1.807) is 12.3 Å². The highest BCUT2D eigenvalue weighted by Crippen LogP contribution is 2.31. The third-order valence-electron chi connectivity index (χ3n) is 2.99. The second-order valence-corrected chi connectivity index (χ2v) is 5.51. The first-order valence-corrected chi connectivity index (χ1v) is 7.05. The minimum absolute atomic E-state index is 0.605. The highest BCUT2D eigenvalue weighted by molar-refractivity contribution is 14.1. The fraction of sp³-hybridized carbons (Fsp3) is 0. The molecule has 4 nitrogen and oxygen atoms in total. The Labute approximate surface area is 129 Å². The predicted molar refractivity (Wildman–Crippen MR) is 88.7 cm³/mol. The summed E-state index contributed by atoms with van der Waals surface area (Å²) in [5.41, 5.74) is 12.1. The fourth-order valence-electron chi connectivity index (χ4n) is 2.16. The molecule has 0 N–H and O–H groups in total. The number of nitrogens with zero attached hydrogens (tertiary/aromatic N) is 4. The summed E-state index contributed by atoms with van der Waals surface area (Å²) in [5.74, 6) is 0. The van der Waals surface area contributed by atoms with Crippen molar-refractivity contribution >= 4 is 39.2 Å². The second-order valence-electron chi connectivity index (χ2n) is 4.27.